The third kappa shape index (κ3) is 5.48. The molecule has 1 fully saturated rings. The number of nitrogens with zero attached hydrogens (tertiary/aromatic N) is 2. The van der Waals surface area contributed by atoms with Crippen LogP contribution in [0.5, 0.6) is 0 Å². The highest BCUT2D eigenvalue weighted by Crippen LogP contribution is 1.95. The van der Waals surface area contributed by atoms with Gasteiger partial charge in [0, 0.05) is 39.3 Å². The number of carbonyl (C=O) groups is 1. The fourth-order valence-electron chi connectivity index (χ4n) is 1.67. The number of likely N-dealkylation sites (N-methyl/N-ethyl adjacent to an activating group) is 1. The van der Waals surface area contributed by atoms with Crippen molar-refractivity contribution in [1.82, 2.24) is 15.1 Å². The molecule has 0 spiro atoms. The van der Waals surface area contributed by atoms with Crippen LogP contribution in [0.25, 0.3) is 0 Å². The van der Waals surface area contributed by atoms with E-state index in [2.05, 4.69) is 10.2 Å². The summed E-state index contributed by atoms with van der Waals surface area (Å²) in [5.74, 6) is 0.155. The predicted molar refractivity (Wildman–Crippen MR) is 68.0 cm³/mol. The molecule has 1 rings (SSSR count). The van der Waals surface area contributed by atoms with Gasteiger partial charge in [0.15, 0.2) is 0 Å². The van der Waals surface area contributed by atoms with E-state index in [1.54, 1.807) is 4.90 Å². The smallest absolute Gasteiger partial charge is 0.236 e. The van der Waals surface area contributed by atoms with Gasteiger partial charge in [0.1, 0.15) is 0 Å². The molecule has 0 unspecified atom stereocenters. The molecular weight excluding hydrogens is 218 g/mol. The van der Waals surface area contributed by atoms with Crippen molar-refractivity contribution in [2.45, 2.75) is 19.9 Å². The van der Waals surface area contributed by atoms with Gasteiger partial charge in [-0.2, -0.15) is 0 Å². The van der Waals surface area contributed by atoms with Crippen LogP contribution >= 0.6 is 0 Å². The van der Waals surface area contributed by atoms with Crippen molar-refractivity contribution in [3.63, 3.8) is 0 Å². The molecule has 5 heteroatoms. The van der Waals surface area contributed by atoms with Crippen LogP contribution < -0.4 is 5.32 Å². The van der Waals surface area contributed by atoms with E-state index in [4.69, 9.17) is 4.74 Å². The van der Waals surface area contributed by atoms with Crippen molar-refractivity contribution in [1.29, 1.82) is 0 Å². The molecule has 1 saturated heterocycles. The zero-order valence-electron chi connectivity index (χ0n) is 11.2. The van der Waals surface area contributed by atoms with Crippen LogP contribution in [-0.4, -0.2) is 74.7 Å². The van der Waals surface area contributed by atoms with E-state index in [0.29, 0.717) is 6.54 Å². The van der Waals surface area contributed by atoms with Gasteiger partial charge in [0.05, 0.1) is 19.8 Å². The first kappa shape index (κ1) is 14.4. The van der Waals surface area contributed by atoms with Gasteiger partial charge in [-0.15, -0.1) is 0 Å². The predicted octanol–water partition coefficient (Wildman–Crippen LogP) is -0.225. The van der Waals surface area contributed by atoms with Crippen molar-refractivity contribution in [3.05, 3.63) is 0 Å². The molecule has 1 aliphatic heterocycles. The van der Waals surface area contributed by atoms with Crippen molar-refractivity contribution < 1.29 is 9.53 Å². The Morgan fingerprint density at radius 2 is 2.06 bits per heavy atom. The van der Waals surface area contributed by atoms with E-state index < -0.39 is 0 Å². The lowest BCUT2D eigenvalue weighted by atomic mass is 10.3. The average molecular weight is 243 g/mol. The Balaban J connectivity index is 2.05. The standard InChI is InChI=1S/C12H25N3O2/c1-11(2)14(3)12(16)10-13-4-5-15-6-8-17-9-7-15/h11,13H,4-10H2,1-3H3. The summed E-state index contributed by atoms with van der Waals surface area (Å²) in [6.07, 6.45) is 0. The quantitative estimate of drug-likeness (QED) is 0.655. The minimum Gasteiger partial charge on any atom is -0.379 e. The maximum atomic E-state index is 11.7. The molecule has 0 radical (unpaired) electrons. The molecule has 0 bridgehead atoms. The summed E-state index contributed by atoms with van der Waals surface area (Å²) in [5, 5.41) is 3.19. The van der Waals surface area contributed by atoms with E-state index in [1.807, 2.05) is 20.9 Å². The van der Waals surface area contributed by atoms with E-state index in [-0.39, 0.29) is 11.9 Å². The summed E-state index contributed by atoms with van der Waals surface area (Å²) in [7, 11) is 1.84. The minimum atomic E-state index is 0.155. The molecule has 0 aromatic carbocycles. The van der Waals surface area contributed by atoms with Crippen LogP contribution in [0, 0.1) is 0 Å². The summed E-state index contributed by atoms with van der Waals surface area (Å²) in [5.41, 5.74) is 0. The molecular formula is C12H25N3O2. The second-order valence-corrected chi connectivity index (χ2v) is 4.73. The molecule has 100 valence electrons. The molecule has 0 aromatic rings. The van der Waals surface area contributed by atoms with Crippen LogP contribution in [0.15, 0.2) is 0 Å². The number of rotatable bonds is 6. The number of hydrogen-bond donors (Lipinski definition) is 1. The van der Waals surface area contributed by atoms with Gasteiger partial charge < -0.3 is 15.0 Å². The highest BCUT2D eigenvalue weighted by molar-refractivity contribution is 5.78. The Hall–Kier alpha value is -0.650. The van der Waals surface area contributed by atoms with Crippen molar-refractivity contribution in [3.8, 4) is 0 Å². The summed E-state index contributed by atoms with van der Waals surface area (Å²) in [4.78, 5) is 15.8. The monoisotopic (exact) mass is 243 g/mol. The Morgan fingerprint density at radius 1 is 1.41 bits per heavy atom. The first-order valence-corrected chi connectivity index (χ1v) is 6.37. The largest absolute Gasteiger partial charge is 0.379 e. The average Bonchev–Trinajstić information content (AvgIpc) is 2.34. The van der Waals surface area contributed by atoms with Crippen LogP contribution in [0.1, 0.15) is 13.8 Å². The Kier molecular flexibility index (Phi) is 6.47. The molecule has 5 nitrogen and oxygen atoms in total. The second-order valence-electron chi connectivity index (χ2n) is 4.73. The fraction of sp³-hybridized carbons (Fsp3) is 0.917. The Bertz CT molecular complexity index is 228. The van der Waals surface area contributed by atoms with Gasteiger partial charge in [0.25, 0.3) is 0 Å². The normalized spacial score (nSPS) is 17.4. The van der Waals surface area contributed by atoms with E-state index in [0.717, 1.165) is 39.4 Å². The minimum absolute atomic E-state index is 0.155. The fourth-order valence-corrected chi connectivity index (χ4v) is 1.67. The first-order chi connectivity index (χ1) is 8.11. The van der Waals surface area contributed by atoms with Crippen LogP contribution in [0.3, 0.4) is 0 Å². The van der Waals surface area contributed by atoms with Gasteiger partial charge in [-0.3, -0.25) is 9.69 Å². The molecule has 0 aliphatic carbocycles. The molecule has 1 heterocycles. The molecule has 0 atom stereocenters. The maximum absolute atomic E-state index is 11.7. The van der Waals surface area contributed by atoms with Crippen molar-refractivity contribution >= 4 is 5.91 Å². The van der Waals surface area contributed by atoms with Crippen LogP contribution in [0.4, 0.5) is 0 Å². The van der Waals surface area contributed by atoms with Gasteiger partial charge >= 0.3 is 0 Å². The summed E-state index contributed by atoms with van der Waals surface area (Å²) in [6, 6.07) is 0.267. The summed E-state index contributed by atoms with van der Waals surface area (Å²) < 4.78 is 5.28. The topological polar surface area (TPSA) is 44.8 Å². The second kappa shape index (κ2) is 7.63. The van der Waals surface area contributed by atoms with Gasteiger partial charge in [0.2, 0.25) is 5.91 Å². The summed E-state index contributed by atoms with van der Waals surface area (Å²) in [6.45, 7) is 9.98. The molecule has 1 aliphatic rings. The lowest BCUT2D eigenvalue weighted by Crippen LogP contribution is -2.43. The molecule has 0 saturated carbocycles. The van der Waals surface area contributed by atoms with Crippen LogP contribution in [-0.2, 0) is 9.53 Å². The maximum Gasteiger partial charge on any atom is 0.236 e. The van der Waals surface area contributed by atoms with E-state index >= 15 is 0 Å². The van der Waals surface area contributed by atoms with Gasteiger partial charge in [-0.05, 0) is 13.8 Å². The number of nitrogens with one attached hydrogen (secondary N) is 1. The zero-order chi connectivity index (χ0) is 12.7. The van der Waals surface area contributed by atoms with Crippen molar-refractivity contribution in [2.75, 3.05) is 53.0 Å². The van der Waals surface area contributed by atoms with Gasteiger partial charge in [-0.1, -0.05) is 0 Å². The first-order valence-electron chi connectivity index (χ1n) is 6.37. The van der Waals surface area contributed by atoms with Gasteiger partial charge in [-0.25, -0.2) is 0 Å². The lowest BCUT2D eigenvalue weighted by molar-refractivity contribution is -0.130. The number of hydrogen-bond acceptors (Lipinski definition) is 4. The lowest BCUT2D eigenvalue weighted by Gasteiger charge is -2.27. The number of ether oxygens (including phenoxy) is 1. The highest BCUT2D eigenvalue weighted by Gasteiger charge is 2.12. The van der Waals surface area contributed by atoms with Crippen LogP contribution in [0.2, 0.25) is 0 Å². The van der Waals surface area contributed by atoms with Crippen molar-refractivity contribution in [2.24, 2.45) is 0 Å². The Labute approximate surface area is 104 Å². The molecule has 17 heavy (non-hydrogen) atoms. The third-order valence-corrected chi connectivity index (χ3v) is 3.15. The zero-order valence-corrected chi connectivity index (χ0v) is 11.2. The number of carbonyl (C=O) groups excluding carboxylic acids is 1. The molecule has 1 amide bonds. The number of amides is 1. The third-order valence-electron chi connectivity index (χ3n) is 3.15. The van der Waals surface area contributed by atoms with E-state index in [9.17, 15) is 4.79 Å². The molecule has 1 N–H and O–H groups in total. The van der Waals surface area contributed by atoms with E-state index in [1.165, 1.54) is 0 Å². The summed E-state index contributed by atoms with van der Waals surface area (Å²) >= 11 is 0. The molecule has 0 aromatic heterocycles. The SMILES string of the molecule is CC(C)N(C)C(=O)CNCCN1CCOCC1. The Morgan fingerprint density at radius 3 is 2.65 bits per heavy atom. The number of morpholine rings is 1. The highest BCUT2D eigenvalue weighted by atomic mass is 16.5.